The first-order valence-corrected chi connectivity index (χ1v) is 6.78. The lowest BCUT2D eigenvalue weighted by Crippen LogP contribution is -2.38. The second kappa shape index (κ2) is 7.52. The summed E-state index contributed by atoms with van der Waals surface area (Å²) in [6, 6.07) is 4.29. The number of nitrogens with one attached hydrogen (secondary N) is 2. The Labute approximate surface area is 114 Å². The minimum Gasteiger partial charge on any atom is -0.356 e. The normalized spacial score (nSPS) is 10.9. The summed E-state index contributed by atoms with van der Waals surface area (Å²) in [7, 11) is 1.74. The second-order valence-electron chi connectivity index (χ2n) is 3.01. The summed E-state index contributed by atoms with van der Waals surface area (Å²) in [5.41, 5.74) is 0. The highest BCUT2D eigenvalue weighted by atomic mass is 127. The number of nitrogens with zero attached hydrogens (tertiary/aromatic N) is 1. The van der Waals surface area contributed by atoms with Crippen LogP contribution in [0.5, 0.6) is 0 Å². The van der Waals surface area contributed by atoms with Crippen molar-refractivity contribution in [1.29, 1.82) is 0 Å². The minimum atomic E-state index is 0.497. The van der Waals surface area contributed by atoms with Gasteiger partial charge in [0.25, 0.3) is 0 Å². The van der Waals surface area contributed by atoms with Gasteiger partial charge in [0.1, 0.15) is 0 Å². The predicted octanol–water partition coefficient (Wildman–Crippen LogP) is 1.69. The van der Waals surface area contributed by atoms with Crippen molar-refractivity contribution in [2.45, 2.75) is 6.42 Å². The van der Waals surface area contributed by atoms with Crippen molar-refractivity contribution in [1.82, 2.24) is 10.6 Å². The summed E-state index contributed by atoms with van der Waals surface area (Å²) in [5, 5.41) is 6.22. The van der Waals surface area contributed by atoms with Crippen LogP contribution in [0, 0.1) is 15.2 Å². The number of thiophene rings is 1. The molecule has 0 aliphatic heterocycles. The monoisotopic (exact) mass is 347 g/mol. The van der Waals surface area contributed by atoms with Gasteiger partial charge in [-0.25, -0.2) is 0 Å². The van der Waals surface area contributed by atoms with Crippen LogP contribution in [-0.4, -0.2) is 26.1 Å². The largest absolute Gasteiger partial charge is 0.356 e. The van der Waals surface area contributed by atoms with Crippen molar-refractivity contribution in [3.63, 3.8) is 0 Å². The molecule has 0 aromatic carbocycles. The molecule has 5 heteroatoms. The third kappa shape index (κ3) is 4.86. The van der Waals surface area contributed by atoms with E-state index in [9.17, 15) is 0 Å². The molecule has 16 heavy (non-hydrogen) atoms. The minimum absolute atomic E-state index is 0.497. The lowest BCUT2D eigenvalue weighted by atomic mass is 10.3. The lowest BCUT2D eigenvalue weighted by molar-refractivity contribution is 0.832. The van der Waals surface area contributed by atoms with Gasteiger partial charge in [-0.2, -0.15) is 0 Å². The summed E-state index contributed by atoms with van der Waals surface area (Å²) in [6.07, 6.45) is 6.16. The van der Waals surface area contributed by atoms with Crippen molar-refractivity contribution >= 4 is 39.9 Å². The van der Waals surface area contributed by atoms with E-state index in [2.05, 4.69) is 56.3 Å². The van der Waals surface area contributed by atoms with Crippen molar-refractivity contribution in [3.8, 4) is 12.3 Å². The van der Waals surface area contributed by atoms with Crippen LogP contribution in [0.1, 0.15) is 4.88 Å². The fraction of sp³-hybridized carbons (Fsp3) is 0.364. The van der Waals surface area contributed by atoms with E-state index in [0.717, 1.165) is 18.9 Å². The smallest absolute Gasteiger partial charge is 0.191 e. The number of aliphatic imine (C=N–C) groups is 1. The zero-order valence-corrected chi connectivity index (χ0v) is 12.1. The fourth-order valence-corrected chi connectivity index (χ4v) is 2.90. The van der Waals surface area contributed by atoms with Crippen LogP contribution in [0.25, 0.3) is 0 Å². The lowest BCUT2D eigenvalue weighted by Gasteiger charge is -2.08. The van der Waals surface area contributed by atoms with E-state index in [1.165, 1.54) is 7.76 Å². The van der Waals surface area contributed by atoms with Crippen LogP contribution in [0.2, 0.25) is 0 Å². The molecule has 0 spiro atoms. The molecule has 1 aromatic heterocycles. The van der Waals surface area contributed by atoms with Gasteiger partial charge in [-0.15, -0.1) is 17.8 Å². The Morgan fingerprint density at radius 3 is 2.94 bits per heavy atom. The molecule has 1 heterocycles. The third-order valence-electron chi connectivity index (χ3n) is 1.87. The molecule has 0 fully saturated rings. The molecule has 0 saturated carbocycles. The van der Waals surface area contributed by atoms with E-state index < -0.39 is 0 Å². The van der Waals surface area contributed by atoms with E-state index in [1.807, 2.05) is 11.3 Å². The van der Waals surface area contributed by atoms with E-state index in [-0.39, 0.29) is 0 Å². The first kappa shape index (κ1) is 13.3. The maximum atomic E-state index is 5.16. The first-order valence-electron chi connectivity index (χ1n) is 4.88. The van der Waals surface area contributed by atoms with Crippen LogP contribution in [0.4, 0.5) is 0 Å². The number of hydrogen-bond acceptors (Lipinski definition) is 2. The van der Waals surface area contributed by atoms with Gasteiger partial charge in [0, 0.05) is 18.5 Å². The van der Waals surface area contributed by atoms with Crippen LogP contribution >= 0.6 is 33.9 Å². The highest BCUT2D eigenvalue weighted by Crippen LogP contribution is 2.18. The fourth-order valence-electron chi connectivity index (χ4n) is 1.15. The van der Waals surface area contributed by atoms with Gasteiger partial charge in [-0.1, -0.05) is 5.92 Å². The van der Waals surface area contributed by atoms with Crippen LogP contribution in [0.3, 0.4) is 0 Å². The highest BCUT2D eigenvalue weighted by molar-refractivity contribution is 14.1. The zero-order valence-electron chi connectivity index (χ0n) is 9.09. The van der Waals surface area contributed by atoms with Gasteiger partial charge in [0.05, 0.1) is 9.43 Å². The van der Waals surface area contributed by atoms with Crippen LogP contribution in [0.15, 0.2) is 17.1 Å². The van der Waals surface area contributed by atoms with Gasteiger partial charge >= 0.3 is 0 Å². The number of terminal acetylenes is 1. The number of guanidine groups is 1. The molecule has 2 N–H and O–H groups in total. The number of rotatable bonds is 4. The molecule has 0 unspecified atom stereocenters. The molecular weight excluding hydrogens is 333 g/mol. The van der Waals surface area contributed by atoms with Gasteiger partial charge in [0.2, 0.25) is 0 Å². The maximum absolute atomic E-state index is 5.16. The molecule has 0 aliphatic carbocycles. The number of halogens is 1. The van der Waals surface area contributed by atoms with Gasteiger partial charge in [0.15, 0.2) is 5.96 Å². The van der Waals surface area contributed by atoms with Gasteiger partial charge < -0.3 is 10.6 Å². The molecule has 0 bridgehead atoms. The molecule has 0 amide bonds. The molecular formula is C11H14IN3S. The molecule has 0 saturated heterocycles. The molecule has 1 rings (SSSR count). The molecule has 1 aromatic rings. The molecule has 0 atom stereocenters. The first-order chi connectivity index (χ1) is 7.76. The second-order valence-corrected chi connectivity index (χ2v) is 6.08. The van der Waals surface area contributed by atoms with Crippen molar-refractivity contribution < 1.29 is 0 Å². The van der Waals surface area contributed by atoms with Gasteiger partial charge in [-0.3, -0.25) is 4.99 Å². The Bertz CT molecular complexity index is 392. The van der Waals surface area contributed by atoms with Gasteiger partial charge in [-0.05, 0) is 41.1 Å². The Kier molecular flexibility index (Phi) is 6.26. The average molecular weight is 347 g/mol. The summed E-state index contributed by atoms with van der Waals surface area (Å²) < 4.78 is 1.32. The Balaban J connectivity index is 2.26. The van der Waals surface area contributed by atoms with Crippen LogP contribution in [-0.2, 0) is 6.42 Å². The summed E-state index contributed by atoms with van der Waals surface area (Å²) >= 11 is 4.15. The van der Waals surface area contributed by atoms with Crippen molar-refractivity contribution in [2.24, 2.45) is 4.99 Å². The Morgan fingerprint density at radius 2 is 2.38 bits per heavy atom. The van der Waals surface area contributed by atoms with Crippen molar-refractivity contribution in [3.05, 3.63) is 19.9 Å². The maximum Gasteiger partial charge on any atom is 0.191 e. The molecule has 3 nitrogen and oxygen atoms in total. The zero-order chi connectivity index (χ0) is 11.8. The summed E-state index contributed by atoms with van der Waals surface area (Å²) in [5.74, 6) is 3.27. The molecule has 0 aliphatic rings. The summed E-state index contributed by atoms with van der Waals surface area (Å²) in [4.78, 5) is 5.44. The van der Waals surface area contributed by atoms with E-state index in [4.69, 9.17) is 6.42 Å². The Hall–Kier alpha value is -0.740. The SMILES string of the molecule is C#CCNC(=NC)NCCc1ccc(I)s1. The number of hydrogen-bond donors (Lipinski definition) is 2. The quantitative estimate of drug-likeness (QED) is 0.376. The standard InChI is InChI=1S/C11H14IN3S/c1-3-7-14-11(13-2)15-8-6-9-4-5-10(12)16-9/h1,4-5H,6-8H2,2H3,(H2,13,14,15). The third-order valence-corrected chi connectivity index (χ3v) is 3.83. The Morgan fingerprint density at radius 1 is 1.56 bits per heavy atom. The van der Waals surface area contributed by atoms with E-state index >= 15 is 0 Å². The highest BCUT2D eigenvalue weighted by Gasteiger charge is 1.99. The van der Waals surface area contributed by atoms with Crippen molar-refractivity contribution in [2.75, 3.05) is 20.1 Å². The van der Waals surface area contributed by atoms with Crippen LogP contribution < -0.4 is 10.6 Å². The average Bonchev–Trinajstić information content (AvgIpc) is 2.69. The summed E-state index contributed by atoms with van der Waals surface area (Å²) in [6.45, 7) is 1.36. The van der Waals surface area contributed by atoms with E-state index in [1.54, 1.807) is 7.05 Å². The molecule has 86 valence electrons. The topological polar surface area (TPSA) is 36.4 Å². The van der Waals surface area contributed by atoms with E-state index in [0.29, 0.717) is 6.54 Å². The molecule has 0 radical (unpaired) electrons. The predicted molar refractivity (Wildman–Crippen MR) is 78.9 cm³/mol.